The van der Waals surface area contributed by atoms with Crippen molar-refractivity contribution in [3.8, 4) is 11.6 Å². The highest BCUT2D eigenvalue weighted by molar-refractivity contribution is 6.90. The average Bonchev–Trinajstić information content (AvgIpc) is 2.72. The van der Waals surface area contributed by atoms with Gasteiger partial charge in [0.05, 0.1) is 12.8 Å². The van der Waals surface area contributed by atoms with Crippen molar-refractivity contribution in [2.45, 2.75) is 90.6 Å². The molecule has 0 bridgehead atoms. The number of carbonyl (C=O) groups is 2. The number of hydrogen-bond donors (Lipinski definition) is 2. The Labute approximate surface area is 206 Å². The van der Waals surface area contributed by atoms with Crippen LogP contribution < -0.4 is 5.32 Å². The molecule has 0 fully saturated rings. The van der Waals surface area contributed by atoms with Crippen LogP contribution in [0.4, 0.5) is 4.79 Å². The largest absolute Gasteiger partial charge is 0.458 e. The first kappa shape index (κ1) is 29.4. The molecule has 0 aliphatic heterocycles. The highest BCUT2D eigenvalue weighted by Gasteiger charge is 2.42. The first-order chi connectivity index (χ1) is 15.7. The number of carbonyl (C=O) groups excluding carboxylic acids is 2. The maximum absolute atomic E-state index is 13.1. The van der Waals surface area contributed by atoms with Gasteiger partial charge in [0.25, 0.3) is 0 Å². The molecule has 1 rings (SSSR count). The van der Waals surface area contributed by atoms with Gasteiger partial charge in [-0.1, -0.05) is 71.9 Å². The summed E-state index contributed by atoms with van der Waals surface area (Å²) in [6, 6.07) is 10.4. The minimum atomic E-state index is -2.14. The van der Waals surface area contributed by atoms with Crippen LogP contribution in [0.25, 0.3) is 0 Å². The number of benzene rings is 1. The van der Waals surface area contributed by atoms with Crippen molar-refractivity contribution in [3.05, 3.63) is 35.9 Å². The molecule has 2 N–H and O–H groups in total. The summed E-state index contributed by atoms with van der Waals surface area (Å²) in [5.74, 6) is -0.724. The van der Waals surface area contributed by atoms with Crippen molar-refractivity contribution in [1.82, 2.24) is 10.3 Å². The Hall–Kier alpha value is -2.63. The Bertz CT molecular complexity index is 874. The normalized spacial score (nSPS) is 13.1. The van der Waals surface area contributed by atoms with E-state index in [1.807, 2.05) is 30.3 Å². The second-order valence-corrected chi connectivity index (χ2v) is 15.9. The molecule has 0 saturated carbocycles. The quantitative estimate of drug-likeness (QED) is 0.136. The van der Waals surface area contributed by atoms with Gasteiger partial charge in [-0.3, -0.25) is 0 Å². The maximum atomic E-state index is 13.1. The topological polar surface area (TPSA) is 91.2 Å². The Morgan fingerprint density at radius 2 is 1.62 bits per heavy atom. The number of urea groups is 1. The van der Waals surface area contributed by atoms with Gasteiger partial charge in [-0.25, -0.2) is 9.59 Å². The van der Waals surface area contributed by atoms with E-state index in [-0.39, 0.29) is 0 Å². The molecule has 1 atom stereocenters. The number of nitrogens with zero attached hydrogens (tertiary/aromatic N) is 2. The molecule has 2 amide bonds. The van der Waals surface area contributed by atoms with Crippen LogP contribution in [0.5, 0.6) is 0 Å². The van der Waals surface area contributed by atoms with Gasteiger partial charge in [-0.15, -0.1) is 10.6 Å². The Morgan fingerprint density at radius 3 is 2.06 bits per heavy atom. The molecule has 0 aromatic heterocycles. The van der Waals surface area contributed by atoms with E-state index in [1.54, 1.807) is 27.0 Å². The van der Waals surface area contributed by atoms with Crippen LogP contribution in [0.15, 0.2) is 35.4 Å². The summed E-state index contributed by atoms with van der Waals surface area (Å²) in [6.07, 6.45) is 1.54. The monoisotopic (exact) mass is 487 g/mol. The Kier molecular flexibility index (Phi) is 11.0. The SMILES string of the molecule is CC(C)[Si](C#CN(/N=C/c1ccccc1)C(=O)N[C@@H](CO)C(=O)OC(C)(C)C)(C(C)C)C(C)C. The molecule has 0 aliphatic rings. The van der Waals surface area contributed by atoms with Gasteiger partial charge in [-0.2, -0.15) is 5.10 Å². The van der Waals surface area contributed by atoms with E-state index in [2.05, 4.69) is 63.5 Å². The number of aliphatic hydroxyl groups is 1. The first-order valence-corrected chi connectivity index (χ1v) is 14.0. The van der Waals surface area contributed by atoms with Crippen molar-refractivity contribution in [3.63, 3.8) is 0 Å². The molecule has 0 unspecified atom stereocenters. The van der Waals surface area contributed by atoms with Crippen molar-refractivity contribution in [1.29, 1.82) is 0 Å². The van der Waals surface area contributed by atoms with Crippen LogP contribution in [0.2, 0.25) is 16.6 Å². The lowest BCUT2D eigenvalue weighted by molar-refractivity contribution is -0.158. The second-order valence-electron chi connectivity index (χ2n) is 10.3. The van der Waals surface area contributed by atoms with Crippen LogP contribution >= 0.6 is 0 Å². The van der Waals surface area contributed by atoms with Gasteiger partial charge < -0.3 is 15.2 Å². The predicted octanol–water partition coefficient (Wildman–Crippen LogP) is 4.91. The summed E-state index contributed by atoms with van der Waals surface area (Å²) < 4.78 is 5.31. The predicted molar refractivity (Wildman–Crippen MR) is 140 cm³/mol. The standard InChI is InChI=1S/C26H41N3O4Si/c1-19(2)34(20(3)4,21(5)6)16-15-29(27-17-22-13-11-10-12-14-22)25(32)28-23(18-30)24(31)33-26(7,8)9/h10-14,17,19-21,23,30H,18H2,1-9H3,(H,28,32)/b27-17+/t23-/m0/s1. The van der Waals surface area contributed by atoms with E-state index in [4.69, 9.17) is 4.74 Å². The van der Waals surface area contributed by atoms with Gasteiger partial charge in [0.1, 0.15) is 13.7 Å². The fourth-order valence-corrected chi connectivity index (χ4v) is 9.31. The molecule has 34 heavy (non-hydrogen) atoms. The van der Waals surface area contributed by atoms with Crippen LogP contribution in [-0.4, -0.2) is 54.7 Å². The molecule has 0 spiro atoms. The zero-order valence-electron chi connectivity index (χ0n) is 22.0. The lowest BCUT2D eigenvalue weighted by atomic mass is 10.2. The zero-order valence-corrected chi connectivity index (χ0v) is 23.0. The third-order valence-corrected chi connectivity index (χ3v) is 12.0. The number of nitrogens with one attached hydrogen (secondary N) is 1. The highest BCUT2D eigenvalue weighted by Crippen LogP contribution is 2.40. The van der Waals surface area contributed by atoms with E-state index in [0.29, 0.717) is 16.6 Å². The van der Waals surface area contributed by atoms with E-state index in [1.165, 1.54) is 0 Å². The van der Waals surface area contributed by atoms with E-state index in [9.17, 15) is 14.7 Å². The smallest absolute Gasteiger partial charge is 0.351 e. The van der Waals surface area contributed by atoms with E-state index in [0.717, 1.165) is 10.6 Å². The molecule has 7 nitrogen and oxygen atoms in total. The maximum Gasteiger partial charge on any atom is 0.351 e. The minimum absolute atomic E-state index is 0.370. The summed E-state index contributed by atoms with van der Waals surface area (Å²) in [7, 11) is -2.14. The minimum Gasteiger partial charge on any atom is -0.458 e. The van der Waals surface area contributed by atoms with Crippen LogP contribution in [-0.2, 0) is 9.53 Å². The number of ether oxygens (including phenoxy) is 1. The van der Waals surface area contributed by atoms with Crippen molar-refractivity contribution < 1.29 is 19.4 Å². The lowest BCUT2D eigenvalue weighted by Crippen LogP contribution is -2.49. The molecule has 0 heterocycles. The van der Waals surface area contributed by atoms with E-state index >= 15 is 0 Å². The number of aliphatic hydroxyl groups excluding tert-OH is 1. The molecule has 188 valence electrons. The Morgan fingerprint density at radius 1 is 1.09 bits per heavy atom. The number of rotatable bonds is 8. The number of hydrazone groups is 1. The third kappa shape index (κ3) is 8.30. The van der Waals surface area contributed by atoms with E-state index < -0.39 is 38.3 Å². The van der Waals surface area contributed by atoms with Crippen molar-refractivity contribution >= 4 is 26.3 Å². The van der Waals surface area contributed by atoms with Gasteiger partial charge in [0.15, 0.2) is 6.04 Å². The van der Waals surface area contributed by atoms with Gasteiger partial charge in [-0.05, 0) is 43.0 Å². The van der Waals surface area contributed by atoms with Gasteiger partial charge >= 0.3 is 12.0 Å². The van der Waals surface area contributed by atoms with Crippen molar-refractivity contribution in [2.24, 2.45) is 5.10 Å². The molecule has 0 aliphatic carbocycles. The fraction of sp³-hybridized carbons (Fsp3) is 0.577. The molecule has 1 aromatic rings. The Balaban J connectivity index is 3.36. The van der Waals surface area contributed by atoms with Crippen LogP contribution in [0.3, 0.4) is 0 Å². The lowest BCUT2D eigenvalue weighted by Gasteiger charge is -2.38. The van der Waals surface area contributed by atoms with Gasteiger partial charge in [0, 0.05) is 6.04 Å². The number of hydrogen-bond acceptors (Lipinski definition) is 5. The number of amides is 2. The fourth-order valence-electron chi connectivity index (χ4n) is 4.14. The number of esters is 1. The summed E-state index contributed by atoms with van der Waals surface area (Å²) in [5, 5.41) is 17.5. The molecular weight excluding hydrogens is 446 g/mol. The van der Waals surface area contributed by atoms with Crippen LogP contribution in [0.1, 0.15) is 67.9 Å². The molecule has 1 aromatic carbocycles. The summed E-state index contributed by atoms with van der Waals surface area (Å²) in [4.78, 5) is 25.6. The third-order valence-electron chi connectivity index (χ3n) is 5.73. The zero-order chi connectivity index (χ0) is 26.1. The first-order valence-electron chi connectivity index (χ1n) is 11.8. The summed E-state index contributed by atoms with van der Waals surface area (Å²) >= 11 is 0. The second kappa shape index (κ2) is 12.7. The molecule has 8 heteroatoms. The summed E-state index contributed by atoms with van der Waals surface area (Å²) in [6.45, 7) is 17.7. The molecular formula is C26H41N3O4Si. The molecule has 0 saturated heterocycles. The van der Waals surface area contributed by atoms with Crippen molar-refractivity contribution in [2.75, 3.05) is 6.61 Å². The average molecular weight is 488 g/mol. The summed E-state index contributed by atoms with van der Waals surface area (Å²) in [5.41, 5.74) is 4.63. The van der Waals surface area contributed by atoms with Crippen LogP contribution in [0, 0.1) is 11.6 Å². The molecule has 0 radical (unpaired) electrons. The van der Waals surface area contributed by atoms with Gasteiger partial charge in [0.2, 0.25) is 0 Å². The highest BCUT2D eigenvalue weighted by atomic mass is 28.3.